The van der Waals surface area contributed by atoms with E-state index in [1.54, 1.807) is 0 Å². The molecule has 2 nitrogen and oxygen atoms in total. The minimum Gasteiger partial charge on any atom is -0.392 e. The zero-order chi connectivity index (χ0) is 15.5. The molecule has 1 heterocycles. The Kier molecular flexibility index (Phi) is 4.41. The zero-order valence-electron chi connectivity index (χ0n) is 13.3. The van der Waals surface area contributed by atoms with E-state index < -0.39 is 0 Å². The quantitative estimate of drug-likeness (QED) is 0.904. The molecule has 0 saturated carbocycles. The first-order chi connectivity index (χ1) is 10.7. The van der Waals surface area contributed by atoms with Gasteiger partial charge in [-0.05, 0) is 48.1 Å². The molecule has 1 aliphatic heterocycles. The van der Waals surface area contributed by atoms with Crippen LogP contribution in [0.2, 0.25) is 0 Å². The minimum absolute atomic E-state index is 0.105. The molecular formula is C20H23NO. The number of aryl methyl sites for hydroxylation is 2. The van der Waals surface area contributed by atoms with Crippen LogP contribution in [0.25, 0.3) is 6.08 Å². The maximum absolute atomic E-state index is 9.51. The van der Waals surface area contributed by atoms with E-state index >= 15 is 0 Å². The largest absolute Gasteiger partial charge is 0.392 e. The van der Waals surface area contributed by atoms with Crippen molar-refractivity contribution in [3.05, 3.63) is 75.9 Å². The predicted molar refractivity (Wildman–Crippen MR) is 91.8 cm³/mol. The van der Waals surface area contributed by atoms with Crippen LogP contribution in [0, 0.1) is 13.8 Å². The molecule has 1 atom stereocenters. The predicted octanol–water partition coefficient (Wildman–Crippen LogP) is 3.70. The van der Waals surface area contributed by atoms with Crippen LogP contribution in [0.1, 0.15) is 39.4 Å². The van der Waals surface area contributed by atoms with Gasteiger partial charge in [-0.1, -0.05) is 54.1 Å². The van der Waals surface area contributed by atoms with E-state index in [1.807, 2.05) is 0 Å². The molecule has 3 rings (SSSR count). The first-order valence-corrected chi connectivity index (χ1v) is 7.89. The van der Waals surface area contributed by atoms with Gasteiger partial charge in [0, 0.05) is 6.54 Å². The number of hydrogen-bond acceptors (Lipinski definition) is 2. The summed E-state index contributed by atoms with van der Waals surface area (Å²) in [5, 5.41) is 13.1. The van der Waals surface area contributed by atoms with Gasteiger partial charge < -0.3 is 10.4 Å². The maximum atomic E-state index is 9.51. The fourth-order valence-electron chi connectivity index (χ4n) is 3.13. The molecular weight excluding hydrogens is 270 g/mol. The average Bonchev–Trinajstić information content (AvgIpc) is 2.52. The second kappa shape index (κ2) is 6.47. The van der Waals surface area contributed by atoms with Gasteiger partial charge in [0.2, 0.25) is 0 Å². The van der Waals surface area contributed by atoms with E-state index in [0.29, 0.717) is 0 Å². The van der Waals surface area contributed by atoms with Crippen LogP contribution < -0.4 is 5.32 Å². The van der Waals surface area contributed by atoms with Crippen LogP contribution in [-0.4, -0.2) is 11.7 Å². The molecule has 1 unspecified atom stereocenters. The van der Waals surface area contributed by atoms with E-state index in [9.17, 15) is 5.11 Å². The van der Waals surface area contributed by atoms with Crippen molar-refractivity contribution in [2.45, 2.75) is 32.9 Å². The number of hydrogen-bond donors (Lipinski definition) is 2. The molecule has 0 bridgehead atoms. The monoisotopic (exact) mass is 293 g/mol. The van der Waals surface area contributed by atoms with Crippen molar-refractivity contribution >= 4 is 6.08 Å². The molecule has 0 fully saturated rings. The van der Waals surface area contributed by atoms with Crippen molar-refractivity contribution in [1.82, 2.24) is 5.32 Å². The van der Waals surface area contributed by atoms with Crippen molar-refractivity contribution < 1.29 is 5.11 Å². The molecule has 2 aromatic carbocycles. The van der Waals surface area contributed by atoms with Crippen LogP contribution in [0.4, 0.5) is 0 Å². The van der Waals surface area contributed by atoms with Gasteiger partial charge in [0.05, 0.1) is 12.6 Å². The van der Waals surface area contributed by atoms with Gasteiger partial charge in [-0.3, -0.25) is 0 Å². The van der Waals surface area contributed by atoms with Crippen LogP contribution in [0.3, 0.4) is 0 Å². The summed E-state index contributed by atoms with van der Waals surface area (Å²) in [6.07, 6.45) is 5.46. The summed E-state index contributed by atoms with van der Waals surface area (Å²) in [7, 11) is 0. The maximum Gasteiger partial charge on any atom is 0.0684 e. The second-order valence-electron chi connectivity index (χ2n) is 6.09. The highest BCUT2D eigenvalue weighted by atomic mass is 16.3. The van der Waals surface area contributed by atoms with E-state index in [4.69, 9.17) is 0 Å². The lowest BCUT2D eigenvalue weighted by Gasteiger charge is -2.26. The van der Waals surface area contributed by atoms with Crippen LogP contribution >= 0.6 is 0 Å². The van der Waals surface area contributed by atoms with Gasteiger partial charge in [-0.15, -0.1) is 0 Å². The summed E-state index contributed by atoms with van der Waals surface area (Å²) in [5.74, 6) is 0. The number of fused-ring (bicyclic) bond motifs is 1. The molecule has 2 N–H and O–H groups in total. The van der Waals surface area contributed by atoms with Crippen molar-refractivity contribution in [2.24, 2.45) is 0 Å². The molecule has 0 spiro atoms. The van der Waals surface area contributed by atoms with Crippen molar-refractivity contribution in [3.63, 3.8) is 0 Å². The highest BCUT2D eigenvalue weighted by molar-refractivity contribution is 5.53. The Labute approximate surface area is 132 Å². The fourth-order valence-corrected chi connectivity index (χ4v) is 3.13. The van der Waals surface area contributed by atoms with Gasteiger partial charge in [-0.25, -0.2) is 0 Å². The highest BCUT2D eigenvalue weighted by Gasteiger charge is 2.18. The van der Waals surface area contributed by atoms with Gasteiger partial charge in [-0.2, -0.15) is 0 Å². The molecule has 2 aromatic rings. The Morgan fingerprint density at radius 2 is 2.09 bits per heavy atom. The highest BCUT2D eigenvalue weighted by Crippen LogP contribution is 2.28. The standard InChI is InChI=1S/C20H23NO/c1-14-4-3-5-16(10-14)6-7-20-19-12-18(13-22)15(2)11-17(19)8-9-21-20/h3-7,10-12,20-22H,8-9,13H2,1-2H3/b7-6+. The van der Waals surface area contributed by atoms with Crippen LogP contribution in [0.5, 0.6) is 0 Å². The summed E-state index contributed by atoms with van der Waals surface area (Å²) in [6.45, 7) is 5.29. The van der Waals surface area contributed by atoms with E-state index in [1.165, 1.54) is 27.8 Å². The Hall–Kier alpha value is -1.90. The van der Waals surface area contributed by atoms with Crippen LogP contribution in [-0.2, 0) is 13.0 Å². The summed E-state index contributed by atoms with van der Waals surface area (Å²) < 4.78 is 0. The summed E-state index contributed by atoms with van der Waals surface area (Å²) >= 11 is 0. The zero-order valence-corrected chi connectivity index (χ0v) is 13.3. The van der Waals surface area contributed by atoms with E-state index in [0.717, 1.165) is 18.5 Å². The third-order valence-electron chi connectivity index (χ3n) is 4.39. The second-order valence-corrected chi connectivity index (χ2v) is 6.09. The Morgan fingerprint density at radius 1 is 1.23 bits per heavy atom. The molecule has 0 amide bonds. The Morgan fingerprint density at radius 3 is 2.86 bits per heavy atom. The molecule has 0 aromatic heterocycles. The Bertz CT molecular complexity index is 703. The molecule has 0 saturated heterocycles. The number of aliphatic hydroxyl groups excluding tert-OH is 1. The lowest BCUT2D eigenvalue weighted by molar-refractivity contribution is 0.280. The summed E-state index contributed by atoms with van der Waals surface area (Å²) in [5.41, 5.74) is 7.40. The van der Waals surface area contributed by atoms with Gasteiger partial charge >= 0.3 is 0 Å². The smallest absolute Gasteiger partial charge is 0.0684 e. The summed E-state index contributed by atoms with van der Waals surface area (Å²) in [6, 6.07) is 13.1. The SMILES string of the molecule is Cc1cccc(/C=C/C2NCCc3cc(C)c(CO)cc32)c1. The third kappa shape index (κ3) is 3.13. The molecule has 0 radical (unpaired) electrons. The fraction of sp³-hybridized carbons (Fsp3) is 0.300. The van der Waals surface area contributed by atoms with E-state index in [2.05, 4.69) is 67.7 Å². The first-order valence-electron chi connectivity index (χ1n) is 7.89. The van der Waals surface area contributed by atoms with E-state index in [-0.39, 0.29) is 12.6 Å². The summed E-state index contributed by atoms with van der Waals surface area (Å²) in [4.78, 5) is 0. The Balaban J connectivity index is 1.91. The number of aliphatic hydroxyl groups is 1. The lowest BCUT2D eigenvalue weighted by Crippen LogP contribution is -2.28. The minimum atomic E-state index is 0.105. The molecule has 114 valence electrons. The van der Waals surface area contributed by atoms with Crippen LogP contribution in [0.15, 0.2) is 42.5 Å². The van der Waals surface area contributed by atoms with Gasteiger partial charge in [0.25, 0.3) is 0 Å². The van der Waals surface area contributed by atoms with Crippen molar-refractivity contribution in [2.75, 3.05) is 6.54 Å². The van der Waals surface area contributed by atoms with Crippen molar-refractivity contribution in [1.29, 1.82) is 0 Å². The molecule has 2 heteroatoms. The normalized spacial score (nSPS) is 17.7. The lowest BCUT2D eigenvalue weighted by atomic mass is 9.90. The molecule has 1 aliphatic rings. The number of benzene rings is 2. The molecule has 22 heavy (non-hydrogen) atoms. The average molecular weight is 293 g/mol. The first kappa shape index (κ1) is 15.0. The third-order valence-corrected chi connectivity index (χ3v) is 4.39. The number of rotatable bonds is 3. The number of nitrogens with one attached hydrogen (secondary N) is 1. The van der Waals surface area contributed by atoms with Gasteiger partial charge in [0.15, 0.2) is 0 Å². The van der Waals surface area contributed by atoms with Crippen molar-refractivity contribution in [3.8, 4) is 0 Å². The molecule has 0 aliphatic carbocycles. The van der Waals surface area contributed by atoms with Gasteiger partial charge in [0.1, 0.15) is 0 Å². The topological polar surface area (TPSA) is 32.3 Å².